The average molecular weight is 472 g/mol. The second-order valence-corrected chi connectivity index (χ2v) is 12.4. The molecule has 0 heterocycles. The third-order valence-corrected chi connectivity index (χ3v) is 5.46. The van der Waals surface area contributed by atoms with Gasteiger partial charge in [0.2, 0.25) is 0 Å². The van der Waals surface area contributed by atoms with E-state index in [1.54, 1.807) is 13.3 Å². The highest BCUT2D eigenvalue weighted by atomic mass is 31.3. The molecule has 0 rings (SSSR count). The van der Waals surface area contributed by atoms with E-state index in [1.807, 2.05) is 0 Å². The first-order valence-corrected chi connectivity index (χ1v) is 16.9. The van der Waals surface area contributed by atoms with Gasteiger partial charge in [-0.05, 0) is 35.8 Å². The molecular formula is C10H26B4O6P4Si2. The van der Waals surface area contributed by atoms with E-state index in [1.165, 1.54) is 0 Å². The third kappa shape index (κ3) is 23.9. The lowest BCUT2D eigenvalue weighted by molar-refractivity contribution is -0.113. The maximum absolute atomic E-state index is 10.5. The van der Waals surface area contributed by atoms with E-state index in [0.29, 0.717) is 19.1 Å². The molecule has 26 heavy (non-hydrogen) atoms. The van der Waals surface area contributed by atoms with Crippen LogP contribution < -0.4 is 0 Å². The largest absolute Gasteiger partial charge is 0.425 e. The van der Waals surface area contributed by atoms with Gasteiger partial charge >= 0.3 is 0 Å². The average Bonchev–Trinajstić information content (AvgIpc) is 2.66. The summed E-state index contributed by atoms with van der Waals surface area (Å²) < 4.78 is 49.2. The fraction of sp³-hybridized carbons (Fsp3) is 0.900. The standard InChI is InChI=1S/C5H14B2O3P2Si.C5H12B2O3P2Si/c2*1-12(6)10-5(4-8)2-3-9-13(7)11/h5,8,13H,2-4,11H2,1H3;4-5,13H,2-3,11H2,1H3/t2*5-,12?,13?/m11/s1/i2*11T,13D/t2*5-,11?,12?,13?. The van der Waals surface area contributed by atoms with Gasteiger partial charge in [0.15, 0.2) is 0 Å². The summed E-state index contributed by atoms with van der Waals surface area (Å²) in [6.45, 7) is 3.67. The summed E-state index contributed by atoms with van der Waals surface area (Å²) in [5.74, 6) is 0. The van der Waals surface area contributed by atoms with Gasteiger partial charge in [-0.1, -0.05) is 0 Å². The highest BCUT2D eigenvalue weighted by Crippen LogP contribution is 2.28. The summed E-state index contributed by atoms with van der Waals surface area (Å²) in [5, 5.41) is 8.93. The van der Waals surface area contributed by atoms with Gasteiger partial charge in [0.1, 0.15) is 44.5 Å². The first-order chi connectivity index (χ1) is 13.8. The van der Waals surface area contributed by atoms with Gasteiger partial charge in [-0.3, -0.25) is 0 Å². The highest BCUT2D eigenvalue weighted by molar-refractivity contribution is 7.77. The summed E-state index contributed by atoms with van der Waals surface area (Å²) in [6, 6.07) is 0. The van der Waals surface area contributed by atoms with Gasteiger partial charge in [-0.25, -0.2) is 0 Å². The normalized spacial score (nSPS) is 23.3. The Labute approximate surface area is 178 Å². The lowest BCUT2D eigenvalue weighted by Gasteiger charge is -2.19. The van der Waals surface area contributed by atoms with Crippen molar-refractivity contribution in [2.45, 2.75) is 25.0 Å². The van der Waals surface area contributed by atoms with E-state index in [-0.39, 0.29) is 25.9 Å². The lowest BCUT2D eigenvalue weighted by Crippen LogP contribution is -2.20. The van der Waals surface area contributed by atoms with E-state index in [9.17, 15) is 4.79 Å². The number of carbonyl (C=O) groups is 1. The van der Waals surface area contributed by atoms with E-state index < -0.39 is 56.6 Å². The highest BCUT2D eigenvalue weighted by Gasteiger charge is 2.10. The predicted molar refractivity (Wildman–Crippen MR) is 126 cm³/mol. The molecule has 0 amide bonds. The summed E-state index contributed by atoms with van der Waals surface area (Å²) in [6.07, 6.45) is 0.440. The molecule has 0 aliphatic rings. The van der Waals surface area contributed by atoms with Crippen LogP contribution in [0.4, 0.5) is 0 Å². The number of carbonyl (C=O) groups excluding carboxylic acids is 1. The SMILES string of the molecule is [2H][Si]([B])(OCC[C@H](C=O)OP([B])C)P[3H].[2H][Si]([B])(OCC[C@H](CO)OP([B])C)P[3H]. The Hall–Kier alpha value is 1.88. The molecule has 0 aromatic heterocycles. The van der Waals surface area contributed by atoms with E-state index in [4.69, 9.17) is 58.0 Å². The van der Waals surface area contributed by atoms with Crippen LogP contribution in [0.15, 0.2) is 0 Å². The Bertz CT molecular complexity index is 457. The van der Waals surface area contributed by atoms with Gasteiger partial charge < -0.3 is 27.8 Å². The summed E-state index contributed by atoms with van der Waals surface area (Å²) in [7, 11) is 12.7. The van der Waals surface area contributed by atoms with Gasteiger partial charge in [-0.2, -0.15) is 0 Å². The Morgan fingerprint density at radius 2 is 1.69 bits per heavy atom. The molecule has 0 aliphatic carbocycles. The van der Waals surface area contributed by atoms with Crippen LogP contribution >= 0.6 is 33.5 Å². The second kappa shape index (κ2) is 20.2. The van der Waals surface area contributed by atoms with Crippen LogP contribution in [0.5, 0.6) is 0 Å². The van der Waals surface area contributed by atoms with Crippen molar-refractivity contribution in [2.24, 2.45) is 0 Å². The van der Waals surface area contributed by atoms with E-state index in [2.05, 4.69) is 0 Å². The Morgan fingerprint density at radius 3 is 2.08 bits per heavy atom. The molecule has 0 aliphatic heterocycles. The molecule has 0 fully saturated rings. The van der Waals surface area contributed by atoms with Crippen LogP contribution in [-0.2, 0) is 22.7 Å². The van der Waals surface area contributed by atoms with Gasteiger partial charge in [0.05, 0.1) is 30.1 Å². The van der Waals surface area contributed by atoms with Crippen LogP contribution in [0.25, 0.3) is 0 Å². The minimum atomic E-state index is -3.05. The van der Waals surface area contributed by atoms with Crippen LogP contribution in [-0.4, -0.2) is 109 Å². The number of aliphatic hydroxyl groups excluding tert-OH is 1. The molecule has 0 saturated carbocycles. The first-order valence-electron chi connectivity index (χ1n) is 9.42. The topological polar surface area (TPSA) is 74.2 Å². The van der Waals surface area contributed by atoms with Crippen molar-refractivity contribution in [2.75, 3.05) is 33.2 Å². The molecule has 0 spiro atoms. The molecule has 0 aromatic rings. The molecule has 0 aromatic carbocycles. The van der Waals surface area contributed by atoms with Crippen LogP contribution in [0.3, 0.4) is 0 Å². The molecule has 6 nitrogen and oxygen atoms in total. The number of rotatable bonds is 16. The van der Waals surface area contributed by atoms with Crippen molar-refractivity contribution in [1.29, 1.82) is 5.03 Å². The second-order valence-electron chi connectivity index (χ2n) is 4.79. The van der Waals surface area contributed by atoms with Crippen LogP contribution in [0.1, 0.15) is 12.8 Å². The quantitative estimate of drug-likeness (QED) is 0.186. The van der Waals surface area contributed by atoms with Crippen molar-refractivity contribution in [1.82, 2.24) is 0 Å². The predicted octanol–water partition coefficient (Wildman–Crippen LogP) is -0.510. The van der Waals surface area contributed by atoms with Gasteiger partial charge in [-0.15, -0.1) is 17.5 Å². The fourth-order valence-electron chi connectivity index (χ4n) is 1.36. The monoisotopic (exact) mass is 472 g/mol. The zero-order valence-electron chi connectivity index (χ0n) is 19.0. The number of aldehydes is 1. The molecule has 0 saturated heterocycles. The number of aliphatic hydroxyl groups is 1. The summed E-state index contributed by atoms with van der Waals surface area (Å²) >= 11 is 0. The minimum absolute atomic E-state index is 0.131. The summed E-state index contributed by atoms with van der Waals surface area (Å²) in [5.41, 5.74) is 0. The Balaban J connectivity index is 0. The Morgan fingerprint density at radius 1 is 1.19 bits per heavy atom. The molecular weight excluding hydrogens is 439 g/mol. The summed E-state index contributed by atoms with van der Waals surface area (Å²) in [4.78, 5) is 10.5. The van der Waals surface area contributed by atoms with E-state index in [0.717, 1.165) is 0 Å². The molecule has 6 unspecified atom stereocenters. The minimum Gasteiger partial charge on any atom is -0.425 e. The number of hydrogen-bond acceptors (Lipinski definition) is 6. The molecule has 142 valence electrons. The van der Waals surface area contributed by atoms with Crippen molar-refractivity contribution in [3.8, 4) is 0 Å². The molecule has 8 atom stereocenters. The lowest BCUT2D eigenvalue weighted by atomic mass is 10.3. The van der Waals surface area contributed by atoms with Crippen molar-refractivity contribution >= 4 is 86.8 Å². The first kappa shape index (κ1) is 22.6. The van der Waals surface area contributed by atoms with Gasteiger partial charge in [0.25, 0.3) is 0 Å². The molecule has 16 heteroatoms. The van der Waals surface area contributed by atoms with Crippen LogP contribution in [0, 0.1) is 0 Å². The van der Waals surface area contributed by atoms with Crippen molar-refractivity contribution in [3.05, 3.63) is 0 Å². The zero-order valence-corrected chi connectivity index (χ0v) is 20.7. The smallest absolute Gasteiger partial charge is 0.149 e. The maximum Gasteiger partial charge on any atom is 0.149 e. The zero-order chi connectivity index (χ0) is 23.8. The third-order valence-electron chi connectivity index (χ3n) is 2.33. The van der Waals surface area contributed by atoms with E-state index >= 15 is 0 Å². The maximum atomic E-state index is 10.5. The van der Waals surface area contributed by atoms with Gasteiger partial charge in [0, 0.05) is 22.1 Å². The number of hydrogen-bond donors (Lipinski definition) is 1. The molecule has 1 N–H and O–H groups in total. The molecule has 8 radical (unpaired) electrons. The van der Waals surface area contributed by atoms with Crippen molar-refractivity contribution in [3.63, 3.8) is 0 Å². The van der Waals surface area contributed by atoms with Crippen LogP contribution in [0.2, 0.25) is 0 Å². The fourth-order valence-corrected chi connectivity index (χ4v) is 3.87. The Kier molecular flexibility index (Phi) is 17.5. The van der Waals surface area contributed by atoms with Crippen molar-refractivity contribution < 1.29 is 27.8 Å². The molecule has 0 bridgehead atoms.